The van der Waals surface area contributed by atoms with Crippen molar-refractivity contribution in [3.8, 4) is 0 Å². The van der Waals surface area contributed by atoms with E-state index in [1.54, 1.807) is 13.8 Å². The maximum absolute atomic E-state index is 12.7. The molecule has 1 saturated carbocycles. The highest BCUT2D eigenvalue weighted by atomic mass is 19.4. The summed E-state index contributed by atoms with van der Waals surface area (Å²) in [5.41, 5.74) is 4.49. The Morgan fingerprint density at radius 2 is 2.00 bits per heavy atom. The van der Waals surface area contributed by atoms with Crippen LogP contribution in [0.3, 0.4) is 0 Å². The highest BCUT2D eigenvalue weighted by Crippen LogP contribution is 2.27. The third kappa shape index (κ3) is 6.22. The quantitative estimate of drug-likeness (QED) is 0.685. The molecule has 0 heterocycles. The Balaban J connectivity index is 2.71. The van der Waals surface area contributed by atoms with Gasteiger partial charge in [-0.25, -0.2) is 0 Å². The molecule has 0 radical (unpaired) electrons. The van der Waals surface area contributed by atoms with Crippen LogP contribution in [0.1, 0.15) is 46.5 Å². The molecule has 1 amide bonds. The molecule has 0 spiro atoms. The number of carbonyl (C=O) groups excluding carboxylic acids is 1. The topological polar surface area (TPSA) is 58.4 Å². The number of nitrogens with two attached hydrogens (primary N) is 1. The lowest BCUT2D eigenvalue weighted by atomic mass is 9.91. The number of alkyl halides is 3. The Morgan fingerprint density at radius 1 is 1.43 bits per heavy atom. The summed E-state index contributed by atoms with van der Waals surface area (Å²) in [6.45, 7) is 4.63. The van der Waals surface area contributed by atoms with Gasteiger partial charge in [-0.15, -0.1) is 0 Å². The summed E-state index contributed by atoms with van der Waals surface area (Å²) in [6.07, 6.45) is -1.37. The van der Waals surface area contributed by atoms with Crippen molar-refractivity contribution in [2.24, 2.45) is 5.73 Å². The van der Waals surface area contributed by atoms with Crippen LogP contribution in [0.5, 0.6) is 0 Å². The summed E-state index contributed by atoms with van der Waals surface area (Å²) in [7, 11) is 0. The fourth-order valence-electron chi connectivity index (χ4n) is 2.60. The lowest BCUT2D eigenvalue weighted by Crippen LogP contribution is -2.57. The smallest absolute Gasteiger partial charge is 0.368 e. The fourth-order valence-corrected chi connectivity index (χ4v) is 2.60. The van der Waals surface area contributed by atoms with Crippen LogP contribution in [0.15, 0.2) is 0 Å². The number of nitrogens with one attached hydrogen (secondary N) is 1. The van der Waals surface area contributed by atoms with E-state index in [2.05, 4.69) is 5.32 Å². The van der Waals surface area contributed by atoms with Gasteiger partial charge in [0, 0.05) is 12.1 Å². The average Bonchev–Trinajstić information content (AvgIpc) is 3.10. The molecule has 2 atom stereocenters. The number of carbonyl (C=O) groups is 1. The first-order chi connectivity index (χ1) is 9.57. The van der Waals surface area contributed by atoms with Crippen LogP contribution in [-0.4, -0.2) is 47.7 Å². The predicted molar refractivity (Wildman–Crippen MR) is 75.8 cm³/mol. The van der Waals surface area contributed by atoms with Crippen LogP contribution < -0.4 is 11.1 Å². The molecule has 0 aromatic heterocycles. The van der Waals surface area contributed by atoms with Crippen molar-refractivity contribution in [1.82, 2.24) is 10.2 Å². The summed E-state index contributed by atoms with van der Waals surface area (Å²) in [5.74, 6) is -0.510. The van der Waals surface area contributed by atoms with E-state index in [9.17, 15) is 18.0 Å². The zero-order valence-electron chi connectivity index (χ0n) is 13.0. The van der Waals surface area contributed by atoms with Crippen molar-refractivity contribution in [3.05, 3.63) is 0 Å². The molecule has 0 aliphatic heterocycles. The summed E-state index contributed by atoms with van der Waals surface area (Å²) in [6, 6.07) is -0.118. The van der Waals surface area contributed by atoms with E-state index in [0.29, 0.717) is 13.0 Å². The average molecular weight is 309 g/mol. The molecule has 0 aromatic rings. The maximum Gasteiger partial charge on any atom is 0.401 e. The number of primary amides is 1. The van der Waals surface area contributed by atoms with Gasteiger partial charge in [0.05, 0.1) is 12.1 Å². The monoisotopic (exact) mass is 309 g/mol. The maximum atomic E-state index is 12.7. The van der Waals surface area contributed by atoms with Crippen molar-refractivity contribution in [3.63, 3.8) is 0 Å². The number of amides is 1. The molecule has 1 rings (SSSR count). The first-order valence-corrected chi connectivity index (χ1v) is 7.46. The zero-order valence-corrected chi connectivity index (χ0v) is 13.0. The minimum Gasteiger partial charge on any atom is -0.368 e. The van der Waals surface area contributed by atoms with E-state index >= 15 is 0 Å². The Labute approximate surface area is 124 Å². The van der Waals surface area contributed by atoms with Crippen LogP contribution in [0.4, 0.5) is 13.2 Å². The molecule has 4 nitrogen and oxygen atoms in total. The Kier molecular flexibility index (Phi) is 6.04. The SMILES string of the molecule is CCCN(CC(F)(F)F)C(C)CC(C)(NC1CC1)C(N)=O. The first kappa shape index (κ1) is 18.2. The lowest BCUT2D eigenvalue weighted by molar-refractivity contribution is -0.151. The van der Waals surface area contributed by atoms with Crippen LogP contribution in [-0.2, 0) is 4.79 Å². The number of nitrogens with zero attached hydrogens (tertiary/aromatic N) is 1. The van der Waals surface area contributed by atoms with E-state index in [1.807, 2.05) is 6.92 Å². The van der Waals surface area contributed by atoms with Crippen LogP contribution >= 0.6 is 0 Å². The normalized spacial score (nSPS) is 20.3. The van der Waals surface area contributed by atoms with Crippen molar-refractivity contribution in [2.45, 2.75) is 70.3 Å². The van der Waals surface area contributed by atoms with Gasteiger partial charge in [-0.05, 0) is 46.1 Å². The Bertz CT molecular complexity index is 358. The number of rotatable bonds is 9. The molecule has 21 heavy (non-hydrogen) atoms. The van der Waals surface area contributed by atoms with Gasteiger partial charge < -0.3 is 11.1 Å². The Hall–Kier alpha value is -0.820. The minimum atomic E-state index is -4.24. The molecule has 7 heteroatoms. The summed E-state index contributed by atoms with van der Waals surface area (Å²) < 4.78 is 38.0. The predicted octanol–water partition coefficient (Wildman–Crippen LogP) is 2.04. The van der Waals surface area contributed by atoms with E-state index in [4.69, 9.17) is 5.73 Å². The molecular formula is C14H26F3N3O. The van der Waals surface area contributed by atoms with Crippen molar-refractivity contribution in [2.75, 3.05) is 13.1 Å². The lowest BCUT2D eigenvalue weighted by Gasteiger charge is -2.36. The molecular weight excluding hydrogens is 283 g/mol. The molecule has 0 bridgehead atoms. The summed E-state index contributed by atoms with van der Waals surface area (Å²) in [5, 5.41) is 3.18. The molecule has 3 N–H and O–H groups in total. The van der Waals surface area contributed by atoms with Crippen LogP contribution in [0.2, 0.25) is 0 Å². The van der Waals surface area contributed by atoms with Gasteiger partial charge in [0.15, 0.2) is 0 Å². The fraction of sp³-hybridized carbons (Fsp3) is 0.929. The second-order valence-corrected chi connectivity index (χ2v) is 6.25. The Morgan fingerprint density at radius 3 is 2.38 bits per heavy atom. The molecule has 1 fully saturated rings. The highest BCUT2D eigenvalue weighted by Gasteiger charge is 2.40. The molecule has 0 aromatic carbocycles. The van der Waals surface area contributed by atoms with Gasteiger partial charge in [-0.3, -0.25) is 9.69 Å². The third-order valence-electron chi connectivity index (χ3n) is 3.86. The van der Waals surface area contributed by atoms with E-state index in [-0.39, 0.29) is 18.5 Å². The summed E-state index contributed by atoms with van der Waals surface area (Å²) in [4.78, 5) is 13.1. The molecule has 2 unspecified atom stereocenters. The molecule has 0 saturated heterocycles. The van der Waals surface area contributed by atoms with Crippen molar-refractivity contribution in [1.29, 1.82) is 0 Å². The second kappa shape index (κ2) is 6.96. The third-order valence-corrected chi connectivity index (χ3v) is 3.86. The number of hydrogen-bond donors (Lipinski definition) is 2. The largest absolute Gasteiger partial charge is 0.401 e. The van der Waals surface area contributed by atoms with Crippen molar-refractivity contribution < 1.29 is 18.0 Å². The van der Waals surface area contributed by atoms with Gasteiger partial charge in [0.2, 0.25) is 5.91 Å². The van der Waals surface area contributed by atoms with Gasteiger partial charge in [-0.2, -0.15) is 13.2 Å². The highest BCUT2D eigenvalue weighted by molar-refractivity contribution is 5.84. The number of halogens is 3. The standard InChI is InChI=1S/C14H26F3N3O/c1-4-7-20(9-14(15,16)17)10(2)8-13(3,12(18)21)19-11-5-6-11/h10-11,19H,4-9H2,1-3H3,(H2,18,21). The van der Waals surface area contributed by atoms with E-state index < -0.39 is 24.2 Å². The second-order valence-electron chi connectivity index (χ2n) is 6.25. The molecule has 1 aliphatic rings. The number of hydrogen-bond acceptors (Lipinski definition) is 3. The molecule has 1 aliphatic carbocycles. The van der Waals surface area contributed by atoms with Gasteiger partial charge in [0.25, 0.3) is 0 Å². The first-order valence-electron chi connectivity index (χ1n) is 7.46. The van der Waals surface area contributed by atoms with Crippen LogP contribution in [0, 0.1) is 0 Å². The van der Waals surface area contributed by atoms with Crippen molar-refractivity contribution >= 4 is 5.91 Å². The molecule has 124 valence electrons. The summed E-state index contributed by atoms with van der Waals surface area (Å²) >= 11 is 0. The van der Waals surface area contributed by atoms with Crippen LogP contribution in [0.25, 0.3) is 0 Å². The minimum absolute atomic E-state index is 0.261. The van der Waals surface area contributed by atoms with E-state index in [0.717, 1.165) is 12.8 Å². The zero-order chi connectivity index (χ0) is 16.3. The van der Waals surface area contributed by atoms with Gasteiger partial charge in [0.1, 0.15) is 0 Å². The van der Waals surface area contributed by atoms with Gasteiger partial charge >= 0.3 is 6.18 Å². The van der Waals surface area contributed by atoms with Gasteiger partial charge in [-0.1, -0.05) is 6.92 Å². The van der Waals surface area contributed by atoms with E-state index in [1.165, 1.54) is 4.90 Å².